The Morgan fingerprint density at radius 1 is 0.296 bits per heavy atom. The molecule has 0 aromatic heterocycles. The first-order valence-corrected chi connectivity index (χ1v) is 19.7. The molecule has 0 saturated heterocycles. The third kappa shape index (κ3) is 8.67. The summed E-state index contributed by atoms with van der Waals surface area (Å²) in [7, 11) is 0. The average Bonchev–Trinajstić information content (AvgIpc) is 3.22. The van der Waals surface area contributed by atoms with Crippen molar-refractivity contribution in [3.8, 4) is 22.3 Å². The Labute approximate surface area is 323 Å². The van der Waals surface area contributed by atoms with E-state index in [1.54, 1.807) is 0 Å². The molecule has 0 aliphatic carbocycles. The highest BCUT2D eigenvalue weighted by Crippen LogP contribution is 2.38. The van der Waals surface area contributed by atoms with Gasteiger partial charge in [-0.15, -0.1) is 0 Å². The Balaban J connectivity index is 1.10. The Morgan fingerprint density at radius 2 is 0.519 bits per heavy atom. The molecule has 0 saturated carbocycles. The van der Waals surface area contributed by atoms with Gasteiger partial charge in [-0.05, 0) is 146 Å². The largest absolute Gasteiger partial charge is 0.311 e. The Bertz CT molecular complexity index is 2030. The lowest BCUT2D eigenvalue weighted by atomic mass is 9.99. The number of nitrogens with zero attached hydrogens (tertiary/aromatic N) is 2. The van der Waals surface area contributed by atoms with Crippen molar-refractivity contribution < 1.29 is 0 Å². The molecule has 7 aromatic carbocycles. The van der Waals surface area contributed by atoms with Crippen molar-refractivity contribution in [2.45, 2.75) is 66.2 Å². The van der Waals surface area contributed by atoms with Gasteiger partial charge in [-0.1, -0.05) is 135 Å². The van der Waals surface area contributed by atoms with E-state index in [0.717, 1.165) is 35.6 Å². The van der Waals surface area contributed by atoms with E-state index in [-0.39, 0.29) is 0 Å². The van der Waals surface area contributed by atoms with Gasteiger partial charge in [-0.25, -0.2) is 0 Å². The van der Waals surface area contributed by atoms with Crippen LogP contribution in [0.4, 0.5) is 34.1 Å². The van der Waals surface area contributed by atoms with Gasteiger partial charge in [0.25, 0.3) is 0 Å². The molecular formula is C52H52N2. The van der Waals surface area contributed by atoms with Gasteiger partial charge in [0.2, 0.25) is 0 Å². The average molecular weight is 705 g/mol. The molecule has 7 rings (SSSR count). The van der Waals surface area contributed by atoms with E-state index in [2.05, 4.69) is 207 Å². The number of unbranched alkanes of at least 4 members (excludes halogenated alkanes) is 2. The summed E-state index contributed by atoms with van der Waals surface area (Å²) < 4.78 is 0. The molecule has 0 radical (unpaired) electrons. The molecule has 270 valence electrons. The predicted molar refractivity (Wildman–Crippen MR) is 233 cm³/mol. The topological polar surface area (TPSA) is 6.48 Å². The van der Waals surface area contributed by atoms with Gasteiger partial charge in [0, 0.05) is 34.1 Å². The van der Waals surface area contributed by atoms with Crippen molar-refractivity contribution in [1.29, 1.82) is 0 Å². The SMILES string of the molecule is CCCCc1ccc(N(c2ccc(C)cc2)c2ccc(-c3ccc(-c4ccc(N(c5ccc(C)cc5)c5ccc(CCCC)cc5)cc4)cc3)cc2)cc1. The summed E-state index contributed by atoms with van der Waals surface area (Å²) in [4.78, 5) is 4.70. The van der Waals surface area contributed by atoms with E-state index in [1.807, 2.05) is 0 Å². The molecule has 0 spiro atoms. The summed E-state index contributed by atoms with van der Waals surface area (Å²) in [5, 5.41) is 0. The lowest BCUT2D eigenvalue weighted by molar-refractivity contribution is 0.795. The summed E-state index contributed by atoms with van der Waals surface area (Å²) in [6.45, 7) is 8.78. The van der Waals surface area contributed by atoms with Gasteiger partial charge < -0.3 is 9.80 Å². The highest BCUT2D eigenvalue weighted by molar-refractivity contribution is 5.81. The highest BCUT2D eigenvalue weighted by Gasteiger charge is 2.15. The van der Waals surface area contributed by atoms with Crippen molar-refractivity contribution >= 4 is 34.1 Å². The van der Waals surface area contributed by atoms with Crippen LogP contribution in [0.5, 0.6) is 0 Å². The molecule has 0 unspecified atom stereocenters. The molecule has 0 aliphatic heterocycles. The second-order valence-corrected chi connectivity index (χ2v) is 14.6. The minimum atomic E-state index is 1.13. The quantitative estimate of drug-likeness (QED) is 0.111. The molecule has 0 amide bonds. The normalized spacial score (nSPS) is 11.0. The number of hydrogen-bond acceptors (Lipinski definition) is 2. The van der Waals surface area contributed by atoms with Crippen LogP contribution in [0.25, 0.3) is 22.3 Å². The maximum Gasteiger partial charge on any atom is 0.0462 e. The molecular weight excluding hydrogens is 653 g/mol. The molecule has 2 heteroatoms. The maximum absolute atomic E-state index is 2.35. The number of rotatable bonds is 14. The number of hydrogen-bond donors (Lipinski definition) is 0. The summed E-state index contributed by atoms with van der Waals surface area (Å²) in [5.74, 6) is 0. The zero-order valence-electron chi connectivity index (χ0n) is 32.3. The fraction of sp³-hybridized carbons (Fsp3) is 0.192. The number of benzene rings is 7. The Hall–Kier alpha value is -5.86. The third-order valence-electron chi connectivity index (χ3n) is 10.4. The van der Waals surface area contributed by atoms with Crippen molar-refractivity contribution in [2.75, 3.05) is 9.80 Å². The summed E-state index contributed by atoms with van der Waals surface area (Å²) in [6, 6.07) is 62.7. The van der Waals surface area contributed by atoms with Gasteiger partial charge in [-0.2, -0.15) is 0 Å². The van der Waals surface area contributed by atoms with Crippen LogP contribution in [0, 0.1) is 13.8 Å². The molecule has 54 heavy (non-hydrogen) atoms. The minimum absolute atomic E-state index is 1.13. The third-order valence-corrected chi connectivity index (χ3v) is 10.4. The predicted octanol–water partition coefficient (Wildman–Crippen LogP) is 15.3. The fourth-order valence-electron chi connectivity index (χ4n) is 7.13. The molecule has 0 atom stereocenters. The van der Waals surface area contributed by atoms with Crippen LogP contribution in [-0.2, 0) is 12.8 Å². The first kappa shape index (κ1) is 36.5. The summed E-state index contributed by atoms with van der Waals surface area (Å²) in [6.07, 6.45) is 7.11. The molecule has 0 aliphatic rings. The zero-order chi connectivity index (χ0) is 37.3. The van der Waals surface area contributed by atoms with Gasteiger partial charge in [0.1, 0.15) is 0 Å². The van der Waals surface area contributed by atoms with E-state index >= 15 is 0 Å². The molecule has 0 fully saturated rings. The zero-order valence-corrected chi connectivity index (χ0v) is 32.3. The maximum atomic E-state index is 2.35. The molecule has 0 N–H and O–H groups in total. The number of anilines is 6. The minimum Gasteiger partial charge on any atom is -0.311 e. The van der Waals surface area contributed by atoms with Crippen LogP contribution in [0.3, 0.4) is 0 Å². The number of aryl methyl sites for hydroxylation is 4. The fourth-order valence-corrected chi connectivity index (χ4v) is 7.13. The van der Waals surface area contributed by atoms with Crippen molar-refractivity contribution in [1.82, 2.24) is 0 Å². The van der Waals surface area contributed by atoms with Gasteiger partial charge in [0.15, 0.2) is 0 Å². The Kier molecular flexibility index (Phi) is 11.7. The van der Waals surface area contributed by atoms with Gasteiger partial charge in [-0.3, -0.25) is 0 Å². The lowest BCUT2D eigenvalue weighted by Crippen LogP contribution is -2.10. The summed E-state index contributed by atoms with van der Waals surface area (Å²) >= 11 is 0. The highest BCUT2D eigenvalue weighted by atomic mass is 15.1. The van der Waals surface area contributed by atoms with E-state index in [9.17, 15) is 0 Å². The molecule has 7 aromatic rings. The van der Waals surface area contributed by atoms with Crippen molar-refractivity contribution in [2.24, 2.45) is 0 Å². The van der Waals surface area contributed by atoms with Crippen LogP contribution in [-0.4, -0.2) is 0 Å². The lowest BCUT2D eigenvalue weighted by Gasteiger charge is -2.26. The van der Waals surface area contributed by atoms with E-state index < -0.39 is 0 Å². The van der Waals surface area contributed by atoms with Crippen LogP contribution >= 0.6 is 0 Å². The second kappa shape index (κ2) is 17.3. The van der Waals surface area contributed by atoms with Crippen LogP contribution in [0.2, 0.25) is 0 Å². The first-order chi connectivity index (χ1) is 26.5. The second-order valence-electron chi connectivity index (χ2n) is 14.6. The van der Waals surface area contributed by atoms with Crippen LogP contribution in [0.15, 0.2) is 170 Å². The molecule has 0 heterocycles. The van der Waals surface area contributed by atoms with Crippen LogP contribution in [0.1, 0.15) is 61.8 Å². The standard InChI is InChI=1S/C52H52N2/c1-5-7-9-41-15-31-49(32-16-41)53(47-27-11-39(3)12-28-47)51-35-23-45(24-36-51)43-19-21-44(22-20-43)46-25-37-52(38-26-46)54(48-29-13-40(4)14-30-48)50-33-17-42(18-34-50)10-8-6-2/h11-38H,5-10H2,1-4H3. The summed E-state index contributed by atoms with van der Waals surface area (Å²) in [5.41, 5.74) is 17.1. The van der Waals surface area contributed by atoms with E-state index in [0.29, 0.717) is 0 Å². The smallest absolute Gasteiger partial charge is 0.0462 e. The van der Waals surface area contributed by atoms with Crippen LogP contribution < -0.4 is 9.80 Å². The Morgan fingerprint density at radius 3 is 0.778 bits per heavy atom. The van der Waals surface area contributed by atoms with Gasteiger partial charge in [0.05, 0.1) is 0 Å². The van der Waals surface area contributed by atoms with Crippen molar-refractivity contribution in [3.05, 3.63) is 192 Å². The molecule has 0 bridgehead atoms. The van der Waals surface area contributed by atoms with E-state index in [4.69, 9.17) is 0 Å². The molecule has 2 nitrogen and oxygen atoms in total. The van der Waals surface area contributed by atoms with Crippen molar-refractivity contribution in [3.63, 3.8) is 0 Å². The first-order valence-electron chi connectivity index (χ1n) is 19.7. The van der Waals surface area contributed by atoms with E-state index in [1.165, 1.54) is 81.6 Å². The van der Waals surface area contributed by atoms with Gasteiger partial charge >= 0.3 is 0 Å². The monoisotopic (exact) mass is 704 g/mol.